The van der Waals surface area contributed by atoms with Crippen LogP contribution in [0.25, 0.3) is 0 Å². The van der Waals surface area contributed by atoms with Gasteiger partial charge >= 0.3 is 0 Å². The molecule has 0 unspecified atom stereocenters. The molecule has 0 radical (unpaired) electrons. The van der Waals surface area contributed by atoms with Crippen molar-refractivity contribution in [2.45, 2.75) is 43.8 Å². The van der Waals surface area contributed by atoms with Crippen LogP contribution in [0.3, 0.4) is 0 Å². The van der Waals surface area contributed by atoms with Crippen molar-refractivity contribution in [1.82, 2.24) is 4.90 Å². The molecule has 2 saturated heterocycles. The molecule has 4 aliphatic rings. The molecule has 1 aliphatic carbocycles. The van der Waals surface area contributed by atoms with Gasteiger partial charge in [-0.05, 0) is 49.9 Å². The summed E-state index contributed by atoms with van der Waals surface area (Å²) >= 11 is 0. The van der Waals surface area contributed by atoms with E-state index >= 15 is 0 Å². The summed E-state index contributed by atoms with van der Waals surface area (Å²) in [5.74, 6) is 0.746. The molecule has 0 atom stereocenters. The minimum absolute atomic E-state index is 0.298. The normalized spacial score (nSPS) is 25.5. The van der Waals surface area contributed by atoms with E-state index in [0.717, 1.165) is 70.8 Å². The predicted octanol–water partition coefficient (Wildman–Crippen LogP) is 1.32. The van der Waals surface area contributed by atoms with Gasteiger partial charge in [-0.25, -0.2) is 4.99 Å². The Morgan fingerprint density at radius 3 is 2.17 bits per heavy atom. The van der Waals surface area contributed by atoms with E-state index in [-0.39, 0.29) is 5.66 Å². The third kappa shape index (κ3) is 3.44. The first-order chi connectivity index (χ1) is 14.1. The molecule has 8 heteroatoms. The lowest BCUT2D eigenvalue weighted by atomic mass is 9.87. The fourth-order valence-electron chi connectivity index (χ4n) is 5.09. The third-order valence-electron chi connectivity index (χ3n) is 6.78. The summed E-state index contributed by atoms with van der Waals surface area (Å²) < 4.78 is 5.34. The maximum atomic E-state index is 6.34. The van der Waals surface area contributed by atoms with Crippen molar-refractivity contribution in [3.63, 3.8) is 0 Å². The van der Waals surface area contributed by atoms with Crippen molar-refractivity contribution >= 4 is 23.3 Å². The van der Waals surface area contributed by atoms with Crippen molar-refractivity contribution in [3.05, 3.63) is 24.3 Å². The number of guanidine groups is 2. The van der Waals surface area contributed by atoms with Crippen LogP contribution in [0.15, 0.2) is 34.3 Å². The smallest absolute Gasteiger partial charge is 0.220 e. The molecule has 1 aromatic carbocycles. The Labute approximate surface area is 172 Å². The van der Waals surface area contributed by atoms with Crippen molar-refractivity contribution in [2.24, 2.45) is 21.5 Å². The van der Waals surface area contributed by atoms with Crippen molar-refractivity contribution in [2.75, 3.05) is 49.2 Å². The Kier molecular flexibility index (Phi) is 4.83. The molecule has 1 saturated carbocycles. The van der Waals surface area contributed by atoms with Gasteiger partial charge in [-0.2, -0.15) is 4.99 Å². The van der Waals surface area contributed by atoms with Crippen LogP contribution < -0.4 is 21.3 Å². The summed E-state index contributed by atoms with van der Waals surface area (Å²) in [4.78, 5) is 16.1. The summed E-state index contributed by atoms with van der Waals surface area (Å²) in [6, 6.07) is 9.32. The van der Waals surface area contributed by atoms with Crippen LogP contribution in [0.2, 0.25) is 0 Å². The highest BCUT2D eigenvalue weighted by atomic mass is 16.5. The Hall–Kier alpha value is -2.32. The molecule has 1 aromatic rings. The molecule has 156 valence electrons. The van der Waals surface area contributed by atoms with Crippen molar-refractivity contribution in [3.8, 4) is 0 Å². The minimum atomic E-state index is -0.383. The first-order valence-electron chi connectivity index (χ1n) is 10.8. The van der Waals surface area contributed by atoms with E-state index in [1.807, 2.05) is 0 Å². The fraction of sp³-hybridized carbons (Fsp3) is 0.619. The van der Waals surface area contributed by atoms with Gasteiger partial charge in [0, 0.05) is 37.6 Å². The van der Waals surface area contributed by atoms with Gasteiger partial charge in [-0.3, -0.25) is 9.80 Å². The Bertz CT molecular complexity index is 788. The van der Waals surface area contributed by atoms with Gasteiger partial charge < -0.3 is 21.1 Å². The van der Waals surface area contributed by atoms with E-state index in [1.165, 1.54) is 12.1 Å². The maximum Gasteiger partial charge on any atom is 0.220 e. The third-order valence-corrected chi connectivity index (χ3v) is 6.78. The average molecular weight is 398 g/mol. The van der Waals surface area contributed by atoms with Gasteiger partial charge in [-0.1, -0.05) is 6.42 Å². The second-order valence-corrected chi connectivity index (χ2v) is 8.55. The lowest BCUT2D eigenvalue weighted by molar-refractivity contribution is -0.0660. The molecule has 5 rings (SSSR count). The largest absolute Gasteiger partial charge is 0.378 e. The van der Waals surface area contributed by atoms with Crippen molar-refractivity contribution in [1.29, 1.82) is 0 Å². The monoisotopic (exact) mass is 397 g/mol. The molecule has 29 heavy (non-hydrogen) atoms. The predicted molar refractivity (Wildman–Crippen MR) is 116 cm³/mol. The summed E-state index contributed by atoms with van der Waals surface area (Å²) in [7, 11) is 0. The summed E-state index contributed by atoms with van der Waals surface area (Å²) in [5.41, 5.74) is 14.2. The molecular weight excluding hydrogens is 366 g/mol. The molecule has 8 nitrogen and oxygen atoms in total. The van der Waals surface area contributed by atoms with E-state index in [1.54, 1.807) is 0 Å². The molecule has 1 spiro atoms. The second-order valence-electron chi connectivity index (χ2n) is 8.55. The highest BCUT2D eigenvalue weighted by molar-refractivity contribution is 6.05. The first-order valence-corrected chi connectivity index (χ1v) is 10.8. The SMILES string of the molecule is NC1=NC2(CCCCC2)N(c2ccc(N3CCN(C4COC4)CC3)cc2)C(N)=N1. The van der Waals surface area contributed by atoms with Gasteiger partial charge in [0.1, 0.15) is 5.66 Å². The number of nitrogens with zero attached hydrogens (tertiary/aromatic N) is 5. The molecule has 0 amide bonds. The number of aliphatic imine (C=N–C) groups is 2. The topological polar surface area (TPSA) is 95.7 Å². The lowest BCUT2D eigenvalue weighted by Gasteiger charge is -2.46. The molecular formula is C21H31N7O. The number of anilines is 2. The summed E-state index contributed by atoms with van der Waals surface area (Å²) in [6.07, 6.45) is 5.42. The standard InChI is InChI=1S/C21H31N7O/c22-19-24-20(23)28(21(25-19)8-2-1-3-9-21)17-6-4-16(5-7-17)26-10-12-27(13-11-26)18-14-29-15-18/h4-7,18H,1-3,8-15H2,(H4,22,23,24,25). The molecule has 3 fully saturated rings. The van der Waals surface area contributed by atoms with E-state index in [2.05, 4.69) is 44.0 Å². The highest BCUT2D eigenvalue weighted by Crippen LogP contribution is 2.39. The molecule has 0 bridgehead atoms. The summed E-state index contributed by atoms with van der Waals surface area (Å²) in [5, 5.41) is 0. The number of piperazine rings is 1. The minimum Gasteiger partial charge on any atom is -0.378 e. The Morgan fingerprint density at radius 1 is 0.897 bits per heavy atom. The van der Waals surface area contributed by atoms with E-state index in [4.69, 9.17) is 21.2 Å². The molecule has 3 aliphatic heterocycles. The quantitative estimate of drug-likeness (QED) is 0.799. The van der Waals surface area contributed by atoms with Crippen LogP contribution in [0.1, 0.15) is 32.1 Å². The van der Waals surface area contributed by atoms with E-state index in [9.17, 15) is 0 Å². The summed E-state index contributed by atoms with van der Waals surface area (Å²) in [6.45, 7) is 6.07. The molecule has 3 heterocycles. The first kappa shape index (κ1) is 18.7. The van der Waals surface area contributed by atoms with Gasteiger partial charge in [0.15, 0.2) is 0 Å². The maximum absolute atomic E-state index is 6.34. The number of rotatable bonds is 3. The zero-order valence-corrected chi connectivity index (χ0v) is 17.0. The number of hydrogen-bond acceptors (Lipinski definition) is 8. The van der Waals surface area contributed by atoms with Crippen LogP contribution in [0, 0.1) is 0 Å². The number of ether oxygens (including phenoxy) is 1. The average Bonchev–Trinajstić information content (AvgIpc) is 2.68. The van der Waals surface area contributed by atoms with Crippen LogP contribution >= 0.6 is 0 Å². The van der Waals surface area contributed by atoms with E-state index in [0.29, 0.717) is 18.0 Å². The fourth-order valence-corrected chi connectivity index (χ4v) is 5.09. The molecule has 0 aromatic heterocycles. The number of benzene rings is 1. The Morgan fingerprint density at radius 2 is 1.55 bits per heavy atom. The number of hydrogen-bond donors (Lipinski definition) is 2. The van der Waals surface area contributed by atoms with Gasteiger partial charge in [0.2, 0.25) is 11.9 Å². The van der Waals surface area contributed by atoms with Crippen LogP contribution in [0.5, 0.6) is 0 Å². The zero-order valence-electron chi connectivity index (χ0n) is 17.0. The van der Waals surface area contributed by atoms with Gasteiger partial charge in [0.05, 0.1) is 19.3 Å². The lowest BCUT2D eigenvalue weighted by Crippen LogP contribution is -2.58. The van der Waals surface area contributed by atoms with Gasteiger partial charge in [0.25, 0.3) is 0 Å². The van der Waals surface area contributed by atoms with Crippen LogP contribution in [-0.4, -0.2) is 67.9 Å². The zero-order chi connectivity index (χ0) is 19.8. The van der Waals surface area contributed by atoms with E-state index < -0.39 is 0 Å². The number of nitrogens with two attached hydrogens (primary N) is 2. The Balaban J connectivity index is 1.32. The van der Waals surface area contributed by atoms with Gasteiger partial charge in [-0.15, -0.1) is 0 Å². The van der Waals surface area contributed by atoms with Crippen LogP contribution in [-0.2, 0) is 4.74 Å². The molecule has 4 N–H and O–H groups in total. The van der Waals surface area contributed by atoms with Crippen molar-refractivity contribution < 1.29 is 4.74 Å². The van der Waals surface area contributed by atoms with Crippen LogP contribution in [0.4, 0.5) is 11.4 Å². The second kappa shape index (κ2) is 7.50. The highest BCUT2D eigenvalue weighted by Gasteiger charge is 2.42.